The number of epoxide rings is 2. The number of fused-ring (bicyclic) bond motifs is 8. The first-order valence-electron chi connectivity index (χ1n) is 5.95. The topological polar surface area (TPSA) is 43.5 Å². The van der Waals surface area contributed by atoms with Crippen molar-refractivity contribution >= 4 is 0 Å². The summed E-state index contributed by atoms with van der Waals surface area (Å²) in [7, 11) is 0. The molecule has 0 aromatic rings. The third-order valence-corrected chi connectivity index (χ3v) is 4.73. The lowest BCUT2D eigenvalue weighted by atomic mass is 9.95. The van der Waals surface area contributed by atoms with E-state index in [2.05, 4.69) is 6.92 Å². The molecule has 3 heterocycles. The van der Waals surface area contributed by atoms with E-state index < -0.39 is 0 Å². The molecule has 9 atom stereocenters. The van der Waals surface area contributed by atoms with Crippen molar-refractivity contribution in [1.29, 1.82) is 0 Å². The number of hydrogen-bond acceptors (Lipinski definition) is 4. The fourth-order valence-corrected chi connectivity index (χ4v) is 3.88. The van der Waals surface area contributed by atoms with Gasteiger partial charge in [0.15, 0.2) is 6.29 Å². The molecule has 0 radical (unpaired) electrons. The molecular formula is C11H14O4. The molecule has 3 saturated heterocycles. The summed E-state index contributed by atoms with van der Waals surface area (Å²) in [4.78, 5) is 0. The van der Waals surface area contributed by atoms with Crippen LogP contribution in [0, 0.1) is 11.8 Å². The van der Waals surface area contributed by atoms with Gasteiger partial charge in [-0.1, -0.05) is 0 Å². The van der Waals surface area contributed by atoms with E-state index in [1.54, 1.807) is 0 Å². The Morgan fingerprint density at radius 1 is 0.733 bits per heavy atom. The highest BCUT2D eigenvalue weighted by Gasteiger charge is 2.71. The average Bonchev–Trinajstić information content (AvgIpc) is 3.03. The van der Waals surface area contributed by atoms with Gasteiger partial charge in [0.05, 0.1) is 30.5 Å². The Kier molecular flexibility index (Phi) is 1.20. The molecule has 0 spiro atoms. The van der Waals surface area contributed by atoms with Gasteiger partial charge in [-0.3, -0.25) is 0 Å². The van der Waals surface area contributed by atoms with Crippen molar-refractivity contribution in [3.63, 3.8) is 0 Å². The normalized spacial score (nSPS) is 69.4. The molecule has 2 saturated carbocycles. The number of rotatable bonds is 1. The van der Waals surface area contributed by atoms with E-state index in [9.17, 15) is 0 Å². The molecule has 82 valence electrons. The first-order chi connectivity index (χ1) is 7.33. The lowest BCUT2D eigenvalue weighted by Crippen LogP contribution is -2.33. The van der Waals surface area contributed by atoms with Crippen LogP contribution in [0.25, 0.3) is 0 Å². The highest BCUT2D eigenvalue weighted by molar-refractivity contribution is 5.17. The molecule has 3 aliphatic heterocycles. The van der Waals surface area contributed by atoms with Crippen LogP contribution in [-0.2, 0) is 18.9 Å². The molecule has 0 aromatic carbocycles. The molecule has 2 aliphatic carbocycles. The van der Waals surface area contributed by atoms with Crippen molar-refractivity contribution in [3.8, 4) is 0 Å². The van der Waals surface area contributed by atoms with E-state index in [1.165, 1.54) is 6.42 Å². The van der Waals surface area contributed by atoms with Crippen LogP contribution >= 0.6 is 0 Å². The Morgan fingerprint density at radius 3 is 1.80 bits per heavy atom. The van der Waals surface area contributed by atoms with Gasteiger partial charge in [-0.05, 0) is 13.3 Å². The van der Waals surface area contributed by atoms with Crippen LogP contribution in [0.2, 0.25) is 0 Å². The Balaban J connectivity index is 1.41. The second-order valence-corrected chi connectivity index (χ2v) is 5.50. The monoisotopic (exact) mass is 210 g/mol. The third kappa shape index (κ3) is 0.848. The van der Waals surface area contributed by atoms with Crippen LogP contribution < -0.4 is 0 Å². The largest absolute Gasteiger partial charge is 0.369 e. The summed E-state index contributed by atoms with van der Waals surface area (Å²) in [6.45, 7) is 2.07. The van der Waals surface area contributed by atoms with Crippen LogP contribution in [-0.4, -0.2) is 42.9 Å². The molecule has 4 heteroatoms. The maximum absolute atomic E-state index is 5.98. The van der Waals surface area contributed by atoms with E-state index in [1.807, 2.05) is 0 Å². The molecular weight excluding hydrogens is 196 g/mol. The second-order valence-electron chi connectivity index (χ2n) is 5.50. The van der Waals surface area contributed by atoms with Gasteiger partial charge in [-0.25, -0.2) is 0 Å². The minimum Gasteiger partial charge on any atom is -0.369 e. The van der Waals surface area contributed by atoms with E-state index >= 15 is 0 Å². The van der Waals surface area contributed by atoms with E-state index in [-0.39, 0.29) is 12.4 Å². The van der Waals surface area contributed by atoms with Crippen LogP contribution in [0.15, 0.2) is 0 Å². The van der Waals surface area contributed by atoms with E-state index in [0.29, 0.717) is 42.4 Å². The minimum absolute atomic E-state index is 0.0993. The minimum atomic E-state index is -0.0993. The van der Waals surface area contributed by atoms with Gasteiger partial charge < -0.3 is 18.9 Å². The maximum atomic E-state index is 5.98. The second kappa shape index (κ2) is 2.25. The predicted octanol–water partition coefficient (Wildman–Crippen LogP) is 0.301. The van der Waals surface area contributed by atoms with Crippen molar-refractivity contribution in [2.45, 2.75) is 56.3 Å². The summed E-state index contributed by atoms with van der Waals surface area (Å²) in [5, 5.41) is 0. The van der Waals surface area contributed by atoms with Crippen LogP contribution in [0.5, 0.6) is 0 Å². The van der Waals surface area contributed by atoms with Gasteiger partial charge in [0.2, 0.25) is 0 Å². The third-order valence-electron chi connectivity index (χ3n) is 4.73. The van der Waals surface area contributed by atoms with Gasteiger partial charge in [-0.15, -0.1) is 0 Å². The summed E-state index contributed by atoms with van der Waals surface area (Å²) < 4.78 is 23.0. The van der Waals surface area contributed by atoms with Crippen molar-refractivity contribution in [2.24, 2.45) is 11.8 Å². The molecule has 1 unspecified atom stereocenters. The van der Waals surface area contributed by atoms with Crippen molar-refractivity contribution in [3.05, 3.63) is 0 Å². The molecule has 5 rings (SSSR count). The first kappa shape index (κ1) is 8.01. The molecule has 0 amide bonds. The molecule has 0 aromatic heterocycles. The van der Waals surface area contributed by atoms with Gasteiger partial charge in [0.25, 0.3) is 0 Å². The summed E-state index contributed by atoms with van der Waals surface area (Å²) >= 11 is 0. The SMILES string of the molecule is C[C@@H]1O[C@H]1C1O[C@@H]2[C@@H]3C[C@H]([C@H]4O[C@H]34)[C@@H]2O1. The smallest absolute Gasteiger partial charge is 0.187 e. The van der Waals surface area contributed by atoms with Crippen LogP contribution in [0.1, 0.15) is 13.3 Å². The molecule has 5 fully saturated rings. The highest BCUT2D eigenvalue weighted by Crippen LogP contribution is 2.60. The summed E-state index contributed by atoms with van der Waals surface area (Å²) in [6.07, 6.45) is 3.23. The van der Waals surface area contributed by atoms with E-state index in [4.69, 9.17) is 18.9 Å². The van der Waals surface area contributed by atoms with Crippen molar-refractivity contribution in [1.82, 2.24) is 0 Å². The standard InChI is InChI=1S/C11H14O4/c1-3-6(12-3)11-14-9-4-2-5(10(9)15-11)8-7(4)13-8/h3-11H,2H2,1H3/t3-,4+,5+,6+,7+,8+,9-,10+,11?/m0/s1. The Morgan fingerprint density at radius 2 is 1.27 bits per heavy atom. The van der Waals surface area contributed by atoms with Crippen molar-refractivity contribution in [2.75, 3.05) is 0 Å². The van der Waals surface area contributed by atoms with Crippen molar-refractivity contribution < 1.29 is 18.9 Å². The Bertz CT molecular complexity index is 311. The number of hydrogen-bond donors (Lipinski definition) is 0. The molecule has 2 bridgehead atoms. The number of ether oxygens (including phenoxy) is 4. The fraction of sp³-hybridized carbons (Fsp3) is 1.00. The Hall–Kier alpha value is -0.160. The van der Waals surface area contributed by atoms with Gasteiger partial charge in [0, 0.05) is 11.8 Å². The zero-order chi connectivity index (χ0) is 9.73. The summed E-state index contributed by atoms with van der Waals surface area (Å²) in [5.41, 5.74) is 0. The predicted molar refractivity (Wildman–Crippen MR) is 48.1 cm³/mol. The molecule has 5 aliphatic rings. The Labute approximate surface area is 87.8 Å². The molecule has 0 N–H and O–H groups in total. The van der Waals surface area contributed by atoms with Gasteiger partial charge in [-0.2, -0.15) is 0 Å². The first-order valence-corrected chi connectivity index (χ1v) is 5.95. The van der Waals surface area contributed by atoms with Crippen LogP contribution in [0.4, 0.5) is 0 Å². The van der Waals surface area contributed by atoms with E-state index in [0.717, 1.165) is 0 Å². The maximum Gasteiger partial charge on any atom is 0.187 e. The fourth-order valence-electron chi connectivity index (χ4n) is 3.88. The van der Waals surface area contributed by atoms with Gasteiger partial charge >= 0.3 is 0 Å². The zero-order valence-corrected chi connectivity index (χ0v) is 8.54. The lowest BCUT2D eigenvalue weighted by molar-refractivity contribution is -0.100. The summed E-state index contributed by atoms with van der Waals surface area (Å²) in [5.74, 6) is 1.20. The zero-order valence-electron chi connectivity index (χ0n) is 8.54. The van der Waals surface area contributed by atoms with Gasteiger partial charge in [0.1, 0.15) is 6.10 Å². The quantitative estimate of drug-likeness (QED) is 0.584. The molecule has 15 heavy (non-hydrogen) atoms. The highest BCUT2D eigenvalue weighted by atomic mass is 16.8. The molecule has 4 nitrogen and oxygen atoms in total. The summed E-state index contributed by atoms with van der Waals surface area (Å²) in [6, 6.07) is 0. The average molecular weight is 210 g/mol. The van der Waals surface area contributed by atoms with Crippen LogP contribution in [0.3, 0.4) is 0 Å². The lowest BCUT2D eigenvalue weighted by Gasteiger charge is -2.17.